The number of benzene rings is 1. The Bertz CT molecular complexity index is 669. The maximum absolute atomic E-state index is 13.2. The van der Waals surface area contributed by atoms with Crippen LogP contribution in [0, 0.1) is 0 Å². The lowest BCUT2D eigenvalue weighted by atomic mass is 10.1. The molecule has 1 aromatic heterocycles. The Morgan fingerprint density at radius 2 is 1.68 bits per heavy atom. The highest BCUT2D eigenvalue weighted by Gasteiger charge is 2.37. The van der Waals surface area contributed by atoms with Crippen molar-refractivity contribution in [1.82, 2.24) is 5.32 Å². The molecule has 22 heavy (non-hydrogen) atoms. The molecule has 1 N–H and O–H groups in total. The summed E-state index contributed by atoms with van der Waals surface area (Å²) in [5.74, 6) is -0.495. The quantitative estimate of drug-likeness (QED) is 0.829. The normalized spacial score (nSPS) is 12.3. The summed E-state index contributed by atoms with van der Waals surface area (Å²) in [6, 6.07) is 9.58. The van der Waals surface area contributed by atoms with Gasteiger partial charge >= 0.3 is 6.18 Å². The van der Waals surface area contributed by atoms with Gasteiger partial charge in [-0.15, -0.1) is 11.3 Å². The van der Waals surface area contributed by atoms with Crippen LogP contribution >= 0.6 is 11.3 Å². The van der Waals surface area contributed by atoms with Crippen molar-refractivity contribution in [3.05, 3.63) is 46.2 Å². The van der Waals surface area contributed by atoms with Gasteiger partial charge in [0.1, 0.15) is 4.88 Å². The number of thiophene rings is 1. The smallest absolute Gasteiger partial charge is 0.347 e. The van der Waals surface area contributed by atoms with Crippen molar-refractivity contribution in [2.45, 2.75) is 32.5 Å². The summed E-state index contributed by atoms with van der Waals surface area (Å²) < 4.78 is 39.7. The molecule has 0 unspecified atom stereocenters. The van der Waals surface area contributed by atoms with Crippen molar-refractivity contribution >= 4 is 17.2 Å². The molecular weight excluding hydrogens is 311 g/mol. The number of halogens is 3. The zero-order chi connectivity index (χ0) is 16.5. The first-order valence-electron chi connectivity index (χ1n) is 6.67. The van der Waals surface area contributed by atoms with Crippen LogP contribution in [0.4, 0.5) is 13.2 Å². The minimum absolute atomic E-state index is 0.0390. The number of amides is 1. The van der Waals surface area contributed by atoms with E-state index in [0.29, 0.717) is 16.9 Å². The van der Waals surface area contributed by atoms with Crippen molar-refractivity contribution in [3.63, 3.8) is 0 Å². The number of hydrogen-bond donors (Lipinski definition) is 1. The molecule has 6 heteroatoms. The van der Waals surface area contributed by atoms with Crippen LogP contribution in [0.15, 0.2) is 36.4 Å². The van der Waals surface area contributed by atoms with Crippen LogP contribution in [0.1, 0.15) is 35.3 Å². The van der Waals surface area contributed by atoms with Gasteiger partial charge in [0.2, 0.25) is 0 Å². The molecule has 118 valence electrons. The van der Waals surface area contributed by atoms with Crippen LogP contribution in [0.5, 0.6) is 0 Å². The molecule has 2 nitrogen and oxygen atoms in total. The van der Waals surface area contributed by atoms with Gasteiger partial charge in [0, 0.05) is 11.1 Å². The third-order valence-corrected chi connectivity index (χ3v) is 3.97. The summed E-state index contributed by atoms with van der Waals surface area (Å²) in [5.41, 5.74) is -0.0233. The predicted molar refractivity (Wildman–Crippen MR) is 82.0 cm³/mol. The average Bonchev–Trinajstić information content (AvgIpc) is 2.82. The fourth-order valence-corrected chi connectivity index (χ4v) is 2.89. The molecule has 0 bridgehead atoms. The summed E-state index contributed by atoms with van der Waals surface area (Å²) >= 11 is 0.473. The fourth-order valence-electron chi connectivity index (χ4n) is 1.95. The zero-order valence-corrected chi connectivity index (χ0v) is 13.2. The molecule has 0 aliphatic heterocycles. The topological polar surface area (TPSA) is 29.1 Å². The van der Waals surface area contributed by atoms with E-state index in [1.807, 2.05) is 0 Å². The molecule has 0 saturated carbocycles. The van der Waals surface area contributed by atoms with Gasteiger partial charge in [0.25, 0.3) is 5.91 Å². The van der Waals surface area contributed by atoms with Crippen molar-refractivity contribution in [1.29, 1.82) is 0 Å². The van der Waals surface area contributed by atoms with Crippen molar-refractivity contribution in [2.24, 2.45) is 0 Å². The molecule has 0 atom stereocenters. The Kier molecular flexibility index (Phi) is 4.33. The van der Waals surface area contributed by atoms with Gasteiger partial charge in [-0.2, -0.15) is 13.2 Å². The standard InChI is InChI=1S/C16H16F3NOS/c1-15(2,3)20-14(21)12-9-11(10-7-5-4-6-8-10)13(22-12)16(17,18)19/h4-9H,1-3H3,(H,20,21). The molecule has 1 heterocycles. The molecule has 0 fully saturated rings. The average molecular weight is 327 g/mol. The highest BCUT2D eigenvalue weighted by molar-refractivity contribution is 7.14. The molecule has 0 radical (unpaired) electrons. The molecule has 0 aliphatic rings. The second-order valence-corrected chi connectivity index (χ2v) is 6.97. The van der Waals surface area contributed by atoms with Crippen LogP contribution in [0.2, 0.25) is 0 Å². The van der Waals surface area contributed by atoms with Gasteiger partial charge in [-0.3, -0.25) is 4.79 Å². The lowest BCUT2D eigenvalue weighted by Gasteiger charge is -2.19. The number of nitrogens with one attached hydrogen (secondary N) is 1. The second-order valence-electron chi connectivity index (χ2n) is 5.92. The molecule has 2 aromatic rings. The number of alkyl halides is 3. The number of carbonyl (C=O) groups excluding carboxylic acids is 1. The molecule has 2 rings (SSSR count). The Morgan fingerprint density at radius 1 is 1.09 bits per heavy atom. The third-order valence-electron chi connectivity index (χ3n) is 2.79. The summed E-state index contributed by atoms with van der Waals surface area (Å²) in [5, 5.41) is 2.68. The number of rotatable bonds is 2. The van der Waals surface area contributed by atoms with E-state index in [1.165, 1.54) is 6.07 Å². The minimum atomic E-state index is -4.49. The van der Waals surface area contributed by atoms with E-state index in [9.17, 15) is 18.0 Å². The fraction of sp³-hybridized carbons (Fsp3) is 0.312. The minimum Gasteiger partial charge on any atom is -0.347 e. The largest absolute Gasteiger partial charge is 0.426 e. The maximum Gasteiger partial charge on any atom is 0.426 e. The predicted octanol–water partition coefficient (Wildman–Crippen LogP) is 4.96. The van der Waals surface area contributed by atoms with Crippen molar-refractivity contribution in [3.8, 4) is 11.1 Å². The van der Waals surface area contributed by atoms with Gasteiger partial charge in [0.05, 0.1) is 4.88 Å². The summed E-state index contributed by atoms with van der Waals surface area (Å²) in [6.45, 7) is 5.34. The Balaban J connectivity index is 2.48. The van der Waals surface area contributed by atoms with Crippen molar-refractivity contribution in [2.75, 3.05) is 0 Å². The molecule has 1 aromatic carbocycles. The van der Waals surface area contributed by atoms with Gasteiger partial charge in [-0.1, -0.05) is 30.3 Å². The van der Waals surface area contributed by atoms with Crippen LogP contribution in [-0.4, -0.2) is 11.4 Å². The summed E-state index contributed by atoms with van der Waals surface area (Å²) in [7, 11) is 0. The Morgan fingerprint density at radius 3 is 2.18 bits per heavy atom. The number of hydrogen-bond acceptors (Lipinski definition) is 2. The first-order chi connectivity index (χ1) is 10.1. The van der Waals surface area contributed by atoms with E-state index in [0.717, 1.165) is 0 Å². The second kappa shape index (κ2) is 5.76. The van der Waals surface area contributed by atoms with E-state index in [1.54, 1.807) is 51.1 Å². The zero-order valence-electron chi connectivity index (χ0n) is 12.4. The van der Waals surface area contributed by atoms with Gasteiger partial charge < -0.3 is 5.32 Å². The van der Waals surface area contributed by atoms with E-state index in [-0.39, 0.29) is 10.4 Å². The van der Waals surface area contributed by atoms with Crippen LogP contribution in [0.3, 0.4) is 0 Å². The lowest BCUT2D eigenvalue weighted by molar-refractivity contribution is -0.133. The van der Waals surface area contributed by atoms with E-state index in [4.69, 9.17) is 0 Å². The molecule has 0 aliphatic carbocycles. The molecule has 0 spiro atoms. The van der Waals surface area contributed by atoms with Gasteiger partial charge in [-0.05, 0) is 32.4 Å². The van der Waals surface area contributed by atoms with E-state index >= 15 is 0 Å². The molecule has 1 amide bonds. The Hall–Kier alpha value is -1.82. The van der Waals surface area contributed by atoms with Gasteiger partial charge in [-0.25, -0.2) is 0 Å². The highest BCUT2D eigenvalue weighted by Crippen LogP contribution is 2.42. The third kappa shape index (κ3) is 3.88. The van der Waals surface area contributed by atoms with Gasteiger partial charge in [0.15, 0.2) is 0 Å². The molecular formula is C16H16F3NOS. The maximum atomic E-state index is 13.2. The number of carbonyl (C=O) groups is 1. The van der Waals surface area contributed by atoms with Crippen LogP contribution in [-0.2, 0) is 6.18 Å². The highest BCUT2D eigenvalue weighted by atomic mass is 32.1. The SMILES string of the molecule is CC(C)(C)NC(=O)c1cc(-c2ccccc2)c(C(F)(F)F)s1. The van der Waals surface area contributed by atoms with E-state index in [2.05, 4.69) is 5.32 Å². The summed E-state index contributed by atoms with van der Waals surface area (Å²) in [4.78, 5) is 11.4. The first kappa shape index (κ1) is 16.5. The lowest BCUT2D eigenvalue weighted by Crippen LogP contribution is -2.40. The monoisotopic (exact) mass is 327 g/mol. The first-order valence-corrected chi connectivity index (χ1v) is 7.48. The molecule has 0 saturated heterocycles. The van der Waals surface area contributed by atoms with Crippen LogP contribution < -0.4 is 5.32 Å². The van der Waals surface area contributed by atoms with Crippen molar-refractivity contribution < 1.29 is 18.0 Å². The summed E-state index contributed by atoms with van der Waals surface area (Å²) in [6.07, 6.45) is -4.49. The van der Waals surface area contributed by atoms with Crippen LogP contribution in [0.25, 0.3) is 11.1 Å². The van der Waals surface area contributed by atoms with E-state index < -0.39 is 22.5 Å². The Labute approximate surface area is 131 Å².